The van der Waals surface area contributed by atoms with Gasteiger partial charge in [-0.1, -0.05) is 0 Å². The Kier molecular flexibility index (Phi) is 5.74. The third-order valence-corrected chi connectivity index (χ3v) is 4.86. The normalized spacial score (nSPS) is 17.8. The van der Waals surface area contributed by atoms with Gasteiger partial charge in [-0.2, -0.15) is 13.2 Å². The number of nitrogens with zero attached hydrogens (tertiary/aromatic N) is 2. The lowest BCUT2D eigenvalue weighted by molar-refractivity contribution is -0.137. The molecule has 1 heterocycles. The minimum atomic E-state index is -4.69. The molecule has 6 nitrogen and oxygen atoms in total. The molecule has 136 valence electrons. The lowest BCUT2D eigenvalue weighted by atomic mass is 10.1. The lowest BCUT2D eigenvalue weighted by Gasteiger charge is -2.27. The first-order valence-corrected chi connectivity index (χ1v) is 9.00. The Morgan fingerprint density at radius 1 is 1.17 bits per heavy atom. The maximum absolute atomic E-state index is 13.4. The largest absolute Gasteiger partial charge is 0.418 e. The monoisotopic (exact) mass is 367 g/mol. The minimum Gasteiger partial charge on any atom is -0.395 e. The number of alkyl halides is 3. The van der Waals surface area contributed by atoms with Gasteiger partial charge < -0.3 is 10.0 Å². The van der Waals surface area contributed by atoms with Crippen LogP contribution in [-0.4, -0.2) is 57.8 Å². The van der Waals surface area contributed by atoms with Crippen LogP contribution in [0.5, 0.6) is 0 Å². The van der Waals surface area contributed by atoms with Crippen molar-refractivity contribution >= 4 is 15.7 Å². The summed E-state index contributed by atoms with van der Waals surface area (Å²) in [6.07, 6.45) is -4.04. The van der Waals surface area contributed by atoms with Crippen molar-refractivity contribution in [1.82, 2.24) is 4.90 Å². The molecule has 0 aromatic heterocycles. The van der Waals surface area contributed by atoms with E-state index in [0.717, 1.165) is 12.1 Å². The average Bonchev–Trinajstić information content (AvgIpc) is 2.71. The van der Waals surface area contributed by atoms with Crippen molar-refractivity contribution in [1.29, 1.82) is 0 Å². The zero-order valence-electron chi connectivity index (χ0n) is 13.0. The molecular weight excluding hydrogens is 347 g/mol. The SMILES string of the molecule is NS(=O)(=O)c1ccc(N2CCCN(CCO)CC2)c(C(F)(F)F)c1. The van der Waals surface area contributed by atoms with Crippen LogP contribution in [0.1, 0.15) is 12.0 Å². The Balaban J connectivity index is 2.35. The topological polar surface area (TPSA) is 86.9 Å². The Morgan fingerprint density at radius 3 is 2.46 bits per heavy atom. The summed E-state index contributed by atoms with van der Waals surface area (Å²) in [5.74, 6) is 0. The molecule has 1 saturated heterocycles. The Hall–Kier alpha value is -1.36. The van der Waals surface area contributed by atoms with Crippen molar-refractivity contribution in [2.24, 2.45) is 5.14 Å². The van der Waals surface area contributed by atoms with Crippen LogP contribution in [0, 0.1) is 0 Å². The molecule has 0 unspecified atom stereocenters. The Morgan fingerprint density at radius 2 is 1.88 bits per heavy atom. The van der Waals surface area contributed by atoms with Crippen molar-refractivity contribution in [3.05, 3.63) is 23.8 Å². The summed E-state index contributed by atoms with van der Waals surface area (Å²) in [6, 6.07) is 2.83. The van der Waals surface area contributed by atoms with Crippen LogP contribution in [0.25, 0.3) is 0 Å². The van der Waals surface area contributed by atoms with Crippen LogP contribution in [0.15, 0.2) is 23.1 Å². The number of rotatable bonds is 4. The molecule has 3 N–H and O–H groups in total. The van der Waals surface area contributed by atoms with Gasteiger partial charge in [0.15, 0.2) is 0 Å². The first kappa shape index (κ1) is 19.0. The Bertz CT molecular complexity index is 680. The molecule has 0 aliphatic carbocycles. The highest BCUT2D eigenvalue weighted by Gasteiger charge is 2.36. The standard InChI is InChI=1S/C14H20F3N3O3S/c15-14(16,17)12-10-11(24(18,22)23)2-3-13(12)20-5-1-4-19(6-7-20)8-9-21/h2-3,10,21H,1,4-9H2,(H2,18,22,23). The number of β-amino-alcohol motifs (C(OH)–C–C–N with tert-alkyl or cyclic N) is 1. The van der Waals surface area contributed by atoms with E-state index < -0.39 is 26.7 Å². The summed E-state index contributed by atoms with van der Waals surface area (Å²) in [5, 5.41) is 13.9. The molecule has 0 bridgehead atoms. The van der Waals surface area contributed by atoms with Crippen LogP contribution in [-0.2, 0) is 16.2 Å². The molecule has 0 atom stereocenters. The van der Waals surface area contributed by atoms with E-state index in [-0.39, 0.29) is 12.3 Å². The molecule has 1 fully saturated rings. The zero-order chi connectivity index (χ0) is 18.0. The smallest absolute Gasteiger partial charge is 0.395 e. The summed E-state index contributed by atoms with van der Waals surface area (Å²) in [6.45, 7) is 2.46. The fraction of sp³-hybridized carbons (Fsp3) is 0.571. The third kappa shape index (κ3) is 4.59. The third-order valence-electron chi connectivity index (χ3n) is 3.95. The lowest BCUT2D eigenvalue weighted by Crippen LogP contribution is -2.33. The van der Waals surface area contributed by atoms with E-state index in [0.29, 0.717) is 45.2 Å². The van der Waals surface area contributed by atoms with E-state index in [1.165, 1.54) is 0 Å². The van der Waals surface area contributed by atoms with Crippen molar-refractivity contribution in [2.45, 2.75) is 17.5 Å². The first-order chi connectivity index (χ1) is 11.1. The van der Waals surface area contributed by atoms with E-state index in [1.807, 2.05) is 4.90 Å². The molecule has 1 aromatic carbocycles. The van der Waals surface area contributed by atoms with Crippen molar-refractivity contribution in [3.63, 3.8) is 0 Å². The number of aliphatic hydroxyl groups is 1. The second kappa shape index (κ2) is 7.26. The highest BCUT2D eigenvalue weighted by molar-refractivity contribution is 7.89. The second-order valence-electron chi connectivity index (χ2n) is 5.63. The first-order valence-electron chi connectivity index (χ1n) is 7.45. The van der Waals surface area contributed by atoms with E-state index in [9.17, 15) is 21.6 Å². The predicted molar refractivity (Wildman–Crippen MR) is 83.2 cm³/mol. The van der Waals surface area contributed by atoms with Gasteiger partial charge in [-0.05, 0) is 31.2 Å². The van der Waals surface area contributed by atoms with Crippen LogP contribution in [0.3, 0.4) is 0 Å². The Labute approximate surface area is 138 Å². The van der Waals surface area contributed by atoms with Crippen molar-refractivity contribution in [2.75, 3.05) is 44.2 Å². The van der Waals surface area contributed by atoms with Crippen molar-refractivity contribution < 1.29 is 26.7 Å². The molecule has 1 aliphatic heterocycles. The molecule has 10 heteroatoms. The number of benzene rings is 1. The van der Waals surface area contributed by atoms with E-state index in [4.69, 9.17) is 10.2 Å². The van der Waals surface area contributed by atoms with Gasteiger partial charge in [0.2, 0.25) is 10.0 Å². The zero-order valence-corrected chi connectivity index (χ0v) is 13.8. The molecule has 0 spiro atoms. The summed E-state index contributed by atoms with van der Waals surface area (Å²) < 4.78 is 62.8. The summed E-state index contributed by atoms with van der Waals surface area (Å²) >= 11 is 0. The van der Waals surface area contributed by atoms with Gasteiger partial charge in [0.1, 0.15) is 0 Å². The molecule has 0 amide bonds. The highest BCUT2D eigenvalue weighted by atomic mass is 32.2. The van der Waals surface area contributed by atoms with Gasteiger partial charge in [0, 0.05) is 31.9 Å². The quantitative estimate of drug-likeness (QED) is 0.824. The fourth-order valence-electron chi connectivity index (χ4n) is 2.77. The van der Waals surface area contributed by atoms with E-state index in [2.05, 4.69) is 0 Å². The van der Waals surface area contributed by atoms with Gasteiger partial charge in [-0.25, -0.2) is 13.6 Å². The van der Waals surface area contributed by atoms with E-state index in [1.54, 1.807) is 4.90 Å². The maximum atomic E-state index is 13.4. The summed E-state index contributed by atoms with van der Waals surface area (Å²) in [4.78, 5) is 3.01. The fourth-order valence-corrected chi connectivity index (χ4v) is 3.31. The van der Waals surface area contributed by atoms with Crippen LogP contribution >= 0.6 is 0 Å². The number of anilines is 1. The molecular formula is C14H20F3N3O3S. The second-order valence-corrected chi connectivity index (χ2v) is 7.19. The number of nitrogens with two attached hydrogens (primary N) is 1. The molecule has 1 aromatic rings. The number of halogens is 3. The number of sulfonamides is 1. The van der Waals surface area contributed by atoms with Crippen LogP contribution in [0.4, 0.5) is 18.9 Å². The summed E-state index contributed by atoms with van der Waals surface area (Å²) in [5.41, 5.74) is -1.06. The number of hydrogen-bond acceptors (Lipinski definition) is 5. The molecule has 24 heavy (non-hydrogen) atoms. The minimum absolute atomic E-state index is 0.00312. The number of aliphatic hydroxyl groups excluding tert-OH is 1. The van der Waals surface area contributed by atoms with Gasteiger partial charge >= 0.3 is 6.18 Å². The van der Waals surface area contributed by atoms with Crippen LogP contribution in [0.2, 0.25) is 0 Å². The van der Waals surface area contributed by atoms with Crippen LogP contribution < -0.4 is 10.0 Å². The van der Waals surface area contributed by atoms with Gasteiger partial charge in [-0.3, -0.25) is 4.90 Å². The highest BCUT2D eigenvalue weighted by Crippen LogP contribution is 2.38. The summed E-state index contributed by atoms with van der Waals surface area (Å²) in [7, 11) is -4.21. The predicted octanol–water partition coefficient (Wildman–Crippen LogP) is 0.857. The van der Waals surface area contributed by atoms with Gasteiger partial charge in [0.05, 0.1) is 17.1 Å². The molecule has 0 radical (unpaired) electrons. The van der Waals surface area contributed by atoms with Crippen molar-refractivity contribution in [3.8, 4) is 0 Å². The van der Waals surface area contributed by atoms with E-state index >= 15 is 0 Å². The number of hydrogen-bond donors (Lipinski definition) is 2. The number of primary sulfonamides is 1. The molecule has 2 rings (SSSR count). The molecule has 0 saturated carbocycles. The van der Waals surface area contributed by atoms with Gasteiger partial charge in [-0.15, -0.1) is 0 Å². The molecule has 1 aliphatic rings. The van der Waals surface area contributed by atoms with Gasteiger partial charge in [0.25, 0.3) is 0 Å². The average molecular weight is 367 g/mol. The maximum Gasteiger partial charge on any atom is 0.418 e.